The molecule has 5 rings (SSSR count). The van der Waals surface area contributed by atoms with Crippen molar-refractivity contribution in [1.82, 2.24) is 4.57 Å². The Kier molecular flexibility index (Phi) is 7.76. The van der Waals surface area contributed by atoms with Gasteiger partial charge in [-0.1, -0.05) is 71.5 Å². The minimum Gasteiger partial charge on any atom is -0.489 e. The van der Waals surface area contributed by atoms with Gasteiger partial charge in [0.05, 0.1) is 40.1 Å². The third kappa shape index (κ3) is 5.37. The second-order valence-electron chi connectivity index (χ2n) is 9.34. The van der Waals surface area contributed by atoms with Crippen LogP contribution in [0.15, 0.2) is 93.9 Å². The molecule has 0 amide bonds. The van der Waals surface area contributed by atoms with Gasteiger partial charge in [-0.25, -0.2) is 9.79 Å². The number of nitriles is 1. The molecule has 0 radical (unpaired) electrons. The number of benzene rings is 3. The lowest BCUT2D eigenvalue weighted by atomic mass is 9.95. The molecule has 0 saturated heterocycles. The van der Waals surface area contributed by atoms with Crippen molar-refractivity contribution in [2.45, 2.75) is 33.4 Å². The van der Waals surface area contributed by atoms with Crippen molar-refractivity contribution in [2.75, 3.05) is 6.61 Å². The molecule has 1 aliphatic heterocycles. The van der Waals surface area contributed by atoms with Gasteiger partial charge < -0.3 is 9.47 Å². The van der Waals surface area contributed by atoms with E-state index in [1.165, 1.54) is 11.3 Å². The number of carbonyl (C=O) groups is 1. The number of ether oxygens (including phenoxy) is 2. The standard InChI is InChI=1S/C32H27N3O4S/c1-4-38-31(37)28-21(3)34-32-35(29(28)23-14-12-20(2)13-15-23)30(36)27(40-32)17-22-8-7-11-26(16-22)39-19-25-10-6-5-9-24(25)18-33/h5-17,29H,4,19H2,1-3H3/b27-17-/t29-/m1/s1. The zero-order valence-electron chi connectivity index (χ0n) is 22.4. The molecule has 3 aromatic carbocycles. The molecule has 1 aromatic heterocycles. The predicted octanol–water partition coefficient (Wildman–Crippen LogP) is 4.56. The molecule has 1 aliphatic rings. The molecule has 0 N–H and O–H groups in total. The van der Waals surface area contributed by atoms with Crippen LogP contribution in [0.1, 0.15) is 47.7 Å². The predicted molar refractivity (Wildman–Crippen MR) is 154 cm³/mol. The van der Waals surface area contributed by atoms with Crippen molar-refractivity contribution in [2.24, 2.45) is 4.99 Å². The number of aryl methyl sites for hydroxylation is 1. The maximum Gasteiger partial charge on any atom is 0.338 e. The van der Waals surface area contributed by atoms with Crippen LogP contribution >= 0.6 is 11.3 Å². The fourth-order valence-electron chi connectivity index (χ4n) is 4.62. The highest BCUT2D eigenvalue weighted by atomic mass is 32.1. The van der Waals surface area contributed by atoms with Gasteiger partial charge in [-0.3, -0.25) is 9.36 Å². The molecule has 200 valence electrons. The first-order chi connectivity index (χ1) is 19.4. The van der Waals surface area contributed by atoms with Crippen LogP contribution in [0.3, 0.4) is 0 Å². The van der Waals surface area contributed by atoms with Gasteiger partial charge in [0.15, 0.2) is 4.80 Å². The van der Waals surface area contributed by atoms with Crippen molar-refractivity contribution in [1.29, 1.82) is 5.26 Å². The zero-order chi connectivity index (χ0) is 28.2. The maximum absolute atomic E-state index is 13.8. The Morgan fingerprint density at radius 1 is 1.10 bits per heavy atom. The van der Waals surface area contributed by atoms with Gasteiger partial charge in [-0.2, -0.15) is 5.26 Å². The molecule has 8 heteroatoms. The van der Waals surface area contributed by atoms with Gasteiger partial charge in [0.1, 0.15) is 12.4 Å². The Morgan fingerprint density at radius 3 is 2.62 bits per heavy atom. The Balaban J connectivity index is 1.54. The van der Waals surface area contributed by atoms with Crippen molar-refractivity contribution in [3.63, 3.8) is 0 Å². The molecule has 0 unspecified atom stereocenters. The van der Waals surface area contributed by atoms with E-state index in [9.17, 15) is 14.9 Å². The van der Waals surface area contributed by atoms with Crippen LogP contribution in [0.5, 0.6) is 5.75 Å². The fourth-order valence-corrected chi connectivity index (χ4v) is 5.66. The number of hydrogen-bond donors (Lipinski definition) is 0. The number of hydrogen-bond acceptors (Lipinski definition) is 7. The topological polar surface area (TPSA) is 93.7 Å². The summed E-state index contributed by atoms with van der Waals surface area (Å²) in [6, 6.07) is 24.1. The largest absolute Gasteiger partial charge is 0.489 e. The molecular weight excluding hydrogens is 522 g/mol. The summed E-state index contributed by atoms with van der Waals surface area (Å²) >= 11 is 1.28. The van der Waals surface area contributed by atoms with Crippen LogP contribution in [0.2, 0.25) is 0 Å². The first-order valence-electron chi connectivity index (χ1n) is 12.9. The molecule has 0 fully saturated rings. The molecule has 0 saturated carbocycles. The lowest BCUT2D eigenvalue weighted by Crippen LogP contribution is -2.39. The van der Waals surface area contributed by atoms with Crippen LogP contribution in [-0.4, -0.2) is 17.1 Å². The summed E-state index contributed by atoms with van der Waals surface area (Å²) in [5.41, 5.74) is 4.69. The third-order valence-corrected chi connectivity index (χ3v) is 7.58. The van der Waals surface area contributed by atoms with Crippen LogP contribution in [-0.2, 0) is 16.1 Å². The molecule has 4 aromatic rings. The Morgan fingerprint density at radius 2 is 1.88 bits per heavy atom. The number of aromatic nitrogens is 1. The lowest BCUT2D eigenvalue weighted by molar-refractivity contribution is -0.139. The SMILES string of the molecule is CCOC(=O)C1=C(C)N=c2s/c(=C\c3cccc(OCc4ccccc4C#N)c3)c(=O)n2[C@@H]1c1ccc(C)cc1. The third-order valence-electron chi connectivity index (χ3n) is 6.60. The zero-order valence-corrected chi connectivity index (χ0v) is 23.2. The minimum atomic E-state index is -0.645. The van der Waals surface area contributed by atoms with Gasteiger partial charge in [0.25, 0.3) is 5.56 Å². The average molecular weight is 550 g/mol. The Labute approximate surface area is 235 Å². The Bertz CT molecular complexity index is 1840. The number of allylic oxidation sites excluding steroid dienone is 1. The average Bonchev–Trinajstić information content (AvgIpc) is 3.26. The Hall–Kier alpha value is -4.74. The number of thiazole rings is 1. The summed E-state index contributed by atoms with van der Waals surface area (Å²) < 4.78 is 13.4. The van der Waals surface area contributed by atoms with E-state index in [1.807, 2.05) is 73.7 Å². The fraction of sp³-hybridized carbons (Fsp3) is 0.188. The minimum absolute atomic E-state index is 0.223. The molecular formula is C32H27N3O4S. The maximum atomic E-state index is 13.8. The smallest absolute Gasteiger partial charge is 0.338 e. The van der Waals surface area contributed by atoms with E-state index in [2.05, 4.69) is 11.1 Å². The van der Waals surface area contributed by atoms with E-state index >= 15 is 0 Å². The van der Waals surface area contributed by atoms with Crippen molar-refractivity contribution in [3.8, 4) is 11.8 Å². The van der Waals surface area contributed by atoms with E-state index in [1.54, 1.807) is 30.6 Å². The quantitative estimate of drug-likeness (QED) is 0.315. The van der Waals surface area contributed by atoms with Crippen LogP contribution in [0, 0.1) is 18.3 Å². The van der Waals surface area contributed by atoms with E-state index in [4.69, 9.17) is 9.47 Å². The first-order valence-corrected chi connectivity index (χ1v) is 13.7. The van der Waals surface area contributed by atoms with E-state index in [-0.39, 0.29) is 18.8 Å². The van der Waals surface area contributed by atoms with E-state index in [0.717, 1.165) is 22.3 Å². The highest BCUT2D eigenvalue weighted by Gasteiger charge is 2.33. The summed E-state index contributed by atoms with van der Waals surface area (Å²) in [5.74, 6) is 0.138. The summed E-state index contributed by atoms with van der Waals surface area (Å²) in [5, 5.41) is 9.34. The number of carbonyl (C=O) groups excluding carboxylic acids is 1. The van der Waals surface area contributed by atoms with Gasteiger partial charge in [-0.05, 0) is 56.2 Å². The normalized spacial score (nSPS) is 14.8. The highest BCUT2D eigenvalue weighted by molar-refractivity contribution is 7.07. The molecule has 0 spiro atoms. The van der Waals surface area contributed by atoms with Crippen molar-refractivity contribution >= 4 is 23.4 Å². The van der Waals surface area contributed by atoms with Gasteiger partial charge in [0, 0.05) is 5.56 Å². The number of nitrogens with zero attached hydrogens (tertiary/aromatic N) is 3. The highest BCUT2D eigenvalue weighted by Crippen LogP contribution is 2.30. The molecule has 1 atom stereocenters. The van der Waals surface area contributed by atoms with E-state index < -0.39 is 12.0 Å². The van der Waals surface area contributed by atoms with Crippen molar-refractivity contribution < 1.29 is 14.3 Å². The van der Waals surface area contributed by atoms with Crippen LogP contribution < -0.4 is 19.6 Å². The second kappa shape index (κ2) is 11.6. The summed E-state index contributed by atoms with van der Waals surface area (Å²) in [7, 11) is 0. The number of rotatable bonds is 7. The number of fused-ring (bicyclic) bond motifs is 1. The molecule has 0 aliphatic carbocycles. The van der Waals surface area contributed by atoms with Crippen LogP contribution in [0.4, 0.5) is 0 Å². The first kappa shape index (κ1) is 26.9. The summed E-state index contributed by atoms with van der Waals surface area (Å²) in [6.07, 6.45) is 1.80. The molecule has 0 bridgehead atoms. The van der Waals surface area contributed by atoms with Crippen molar-refractivity contribution in [3.05, 3.63) is 132 Å². The second-order valence-corrected chi connectivity index (χ2v) is 10.4. The van der Waals surface area contributed by atoms with Gasteiger partial charge >= 0.3 is 5.97 Å². The summed E-state index contributed by atoms with van der Waals surface area (Å²) in [6.45, 7) is 5.99. The van der Waals surface area contributed by atoms with Gasteiger partial charge in [0.2, 0.25) is 0 Å². The molecule has 7 nitrogen and oxygen atoms in total. The molecule has 2 heterocycles. The van der Waals surface area contributed by atoms with E-state index in [0.29, 0.717) is 31.9 Å². The monoisotopic (exact) mass is 549 g/mol. The lowest BCUT2D eigenvalue weighted by Gasteiger charge is -2.24. The molecule has 40 heavy (non-hydrogen) atoms. The van der Waals surface area contributed by atoms with Gasteiger partial charge in [-0.15, -0.1) is 0 Å². The summed E-state index contributed by atoms with van der Waals surface area (Å²) in [4.78, 5) is 32.0. The number of esters is 1. The van der Waals surface area contributed by atoms with Crippen LogP contribution in [0.25, 0.3) is 6.08 Å².